The molecule has 1 heterocycles. The Morgan fingerprint density at radius 3 is 2.64 bits per heavy atom. The van der Waals surface area contributed by atoms with Crippen LogP contribution in [0.25, 0.3) is 0 Å². The SMILES string of the molecule is C[C@H](NC(=O)c1cccc2c1CC(=O)N2)c1cccc(S(C)(=O)=O)c1. The molecule has 0 radical (unpaired) electrons. The fourth-order valence-corrected chi connectivity index (χ4v) is 3.51. The first-order valence-electron chi connectivity index (χ1n) is 7.78. The normalized spacial score (nSPS) is 14.6. The van der Waals surface area contributed by atoms with Crippen LogP contribution in [0.2, 0.25) is 0 Å². The quantitative estimate of drug-likeness (QED) is 0.875. The number of carbonyl (C=O) groups excluding carboxylic acids is 2. The van der Waals surface area contributed by atoms with Gasteiger partial charge in [0.1, 0.15) is 0 Å². The summed E-state index contributed by atoms with van der Waals surface area (Å²) in [6.07, 6.45) is 1.32. The molecule has 130 valence electrons. The lowest BCUT2D eigenvalue weighted by molar-refractivity contribution is -0.115. The molecule has 0 saturated heterocycles. The van der Waals surface area contributed by atoms with Crippen molar-refractivity contribution in [3.05, 3.63) is 59.2 Å². The van der Waals surface area contributed by atoms with E-state index in [1.165, 1.54) is 6.07 Å². The maximum Gasteiger partial charge on any atom is 0.252 e. The second-order valence-electron chi connectivity index (χ2n) is 6.10. The molecule has 0 fully saturated rings. The highest BCUT2D eigenvalue weighted by Gasteiger charge is 2.24. The summed E-state index contributed by atoms with van der Waals surface area (Å²) in [5.41, 5.74) is 2.48. The smallest absolute Gasteiger partial charge is 0.252 e. The van der Waals surface area contributed by atoms with Gasteiger partial charge in [0.2, 0.25) is 5.91 Å². The van der Waals surface area contributed by atoms with E-state index in [1.54, 1.807) is 43.3 Å². The molecule has 6 nitrogen and oxygen atoms in total. The molecule has 1 atom stereocenters. The van der Waals surface area contributed by atoms with Gasteiger partial charge in [0.25, 0.3) is 5.91 Å². The Labute approximate surface area is 146 Å². The molecule has 0 unspecified atom stereocenters. The summed E-state index contributed by atoms with van der Waals surface area (Å²) in [5.74, 6) is -0.435. The zero-order valence-electron chi connectivity index (χ0n) is 13.9. The second-order valence-corrected chi connectivity index (χ2v) is 8.11. The molecule has 2 aromatic rings. The Hall–Kier alpha value is -2.67. The maximum absolute atomic E-state index is 12.6. The lowest BCUT2D eigenvalue weighted by Crippen LogP contribution is -2.27. The van der Waals surface area contributed by atoms with Crippen LogP contribution < -0.4 is 10.6 Å². The van der Waals surface area contributed by atoms with Crippen molar-refractivity contribution < 1.29 is 18.0 Å². The number of benzene rings is 2. The maximum atomic E-state index is 12.6. The number of anilines is 1. The van der Waals surface area contributed by atoms with Crippen LogP contribution in [-0.4, -0.2) is 26.5 Å². The molecule has 25 heavy (non-hydrogen) atoms. The van der Waals surface area contributed by atoms with Crippen molar-refractivity contribution in [2.45, 2.75) is 24.3 Å². The molecule has 0 aromatic heterocycles. The molecule has 2 amide bonds. The minimum absolute atomic E-state index is 0.135. The standard InChI is InChI=1S/C18H18N2O4S/c1-11(12-5-3-6-13(9-12)25(2,23)24)19-18(22)14-7-4-8-16-15(14)10-17(21)20-16/h3-9,11H,10H2,1-2H3,(H,19,22)(H,20,21)/t11-/m0/s1. The first kappa shape index (κ1) is 17.2. The first-order chi connectivity index (χ1) is 11.8. The predicted octanol–water partition coefficient (Wildman–Crippen LogP) is 2.08. The minimum Gasteiger partial charge on any atom is -0.346 e. The van der Waals surface area contributed by atoms with Crippen LogP contribution in [0.5, 0.6) is 0 Å². The number of hydrogen-bond donors (Lipinski definition) is 2. The molecule has 1 aliphatic heterocycles. The van der Waals surface area contributed by atoms with E-state index >= 15 is 0 Å². The average Bonchev–Trinajstić information content (AvgIpc) is 2.94. The van der Waals surface area contributed by atoms with Gasteiger partial charge in [0.15, 0.2) is 9.84 Å². The Morgan fingerprint density at radius 1 is 1.20 bits per heavy atom. The zero-order chi connectivity index (χ0) is 18.2. The zero-order valence-corrected chi connectivity index (χ0v) is 14.7. The monoisotopic (exact) mass is 358 g/mol. The summed E-state index contributed by atoms with van der Waals surface area (Å²) in [6, 6.07) is 11.3. The number of carbonyl (C=O) groups is 2. The molecule has 1 aliphatic rings. The van der Waals surface area contributed by atoms with E-state index in [4.69, 9.17) is 0 Å². The van der Waals surface area contributed by atoms with E-state index in [1.807, 2.05) is 0 Å². The lowest BCUT2D eigenvalue weighted by Gasteiger charge is -2.16. The molecular weight excluding hydrogens is 340 g/mol. The van der Waals surface area contributed by atoms with E-state index in [9.17, 15) is 18.0 Å². The molecule has 0 saturated carbocycles. The van der Waals surface area contributed by atoms with Gasteiger partial charge in [-0.1, -0.05) is 18.2 Å². The molecule has 0 bridgehead atoms. The summed E-state index contributed by atoms with van der Waals surface area (Å²) in [5, 5.41) is 5.58. The van der Waals surface area contributed by atoms with Crippen LogP contribution in [0.15, 0.2) is 47.4 Å². The molecule has 0 spiro atoms. The van der Waals surface area contributed by atoms with Crippen molar-refractivity contribution in [1.82, 2.24) is 5.32 Å². The van der Waals surface area contributed by atoms with Crippen LogP contribution in [-0.2, 0) is 21.1 Å². The van der Waals surface area contributed by atoms with Gasteiger partial charge in [0, 0.05) is 17.5 Å². The largest absolute Gasteiger partial charge is 0.346 e. The molecule has 2 aromatic carbocycles. The number of sulfone groups is 1. The molecule has 2 N–H and O–H groups in total. The van der Waals surface area contributed by atoms with Crippen LogP contribution in [0, 0.1) is 0 Å². The van der Waals surface area contributed by atoms with Crippen LogP contribution in [0.4, 0.5) is 5.69 Å². The van der Waals surface area contributed by atoms with Crippen molar-refractivity contribution in [2.24, 2.45) is 0 Å². The Bertz CT molecular complexity index is 967. The Balaban J connectivity index is 1.83. The average molecular weight is 358 g/mol. The van der Waals surface area contributed by atoms with Crippen LogP contribution in [0.1, 0.15) is 34.5 Å². The van der Waals surface area contributed by atoms with E-state index in [-0.39, 0.29) is 29.2 Å². The number of fused-ring (bicyclic) bond motifs is 1. The third-order valence-corrected chi connectivity index (χ3v) is 5.28. The van der Waals surface area contributed by atoms with Crippen molar-refractivity contribution >= 4 is 27.3 Å². The topological polar surface area (TPSA) is 92.3 Å². The minimum atomic E-state index is -3.31. The third-order valence-electron chi connectivity index (χ3n) is 4.17. The molecule has 7 heteroatoms. The van der Waals surface area contributed by atoms with Crippen molar-refractivity contribution in [2.75, 3.05) is 11.6 Å². The molecular formula is C18H18N2O4S. The van der Waals surface area contributed by atoms with Gasteiger partial charge in [-0.25, -0.2) is 8.42 Å². The highest BCUT2D eigenvalue weighted by molar-refractivity contribution is 7.90. The van der Waals surface area contributed by atoms with E-state index in [0.29, 0.717) is 22.4 Å². The van der Waals surface area contributed by atoms with Crippen LogP contribution in [0.3, 0.4) is 0 Å². The van der Waals surface area contributed by atoms with Gasteiger partial charge in [-0.2, -0.15) is 0 Å². The summed E-state index contributed by atoms with van der Waals surface area (Å²) < 4.78 is 23.4. The van der Waals surface area contributed by atoms with E-state index in [2.05, 4.69) is 10.6 Å². The van der Waals surface area contributed by atoms with E-state index in [0.717, 1.165) is 6.26 Å². The van der Waals surface area contributed by atoms with Crippen LogP contribution >= 0.6 is 0 Å². The van der Waals surface area contributed by atoms with Gasteiger partial charge in [-0.15, -0.1) is 0 Å². The number of rotatable bonds is 4. The molecule has 3 rings (SSSR count). The van der Waals surface area contributed by atoms with Gasteiger partial charge < -0.3 is 10.6 Å². The van der Waals surface area contributed by atoms with Gasteiger partial charge in [0.05, 0.1) is 17.4 Å². The summed E-state index contributed by atoms with van der Waals surface area (Å²) >= 11 is 0. The highest BCUT2D eigenvalue weighted by Crippen LogP contribution is 2.27. The van der Waals surface area contributed by atoms with Gasteiger partial charge in [-0.05, 0) is 42.3 Å². The van der Waals surface area contributed by atoms with Crippen molar-refractivity contribution in [3.63, 3.8) is 0 Å². The van der Waals surface area contributed by atoms with E-state index < -0.39 is 9.84 Å². The Morgan fingerprint density at radius 2 is 1.92 bits per heavy atom. The lowest BCUT2D eigenvalue weighted by atomic mass is 10.0. The fourth-order valence-electron chi connectivity index (χ4n) is 2.83. The fraction of sp³-hybridized carbons (Fsp3) is 0.222. The highest BCUT2D eigenvalue weighted by atomic mass is 32.2. The number of nitrogens with one attached hydrogen (secondary N) is 2. The Kier molecular flexibility index (Phi) is 4.34. The predicted molar refractivity (Wildman–Crippen MR) is 94.2 cm³/mol. The molecule has 0 aliphatic carbocycles. The summed E-state index contributed by atoms with van der Waals surface area (Å²) in [7, 11) is -3.31. The van der Waals surface area contributed by atoms with Crippen molar-refractivity contribution in [1.29, 1.82) is 0 Å². The first-order valence-corrected chi connectivity index (χ1v) is 9.67. The number of hydrogen-bond acceptors (Lipinski definition) is 4. The third kappa shape index (κ3) is 3.56. The second kappa shape index (κ2) is 6.33. The summed E-state index contributed by atoms with van der Waals surface area (Å²) in [4.78, 5) is 24.4. The number of amides is 2. The van der Waals surface area contributed by atoms with Crippen molar-refractivity contribution in [3.8, 4) is 0 Å². The van der Waals surface area contributed by atoms with Gasteiger partial charge >= 0.3 is 0 Å². The summed E-state index contributed by atoms with van der Waals surface area (Å²) in [6.45, 7) is 1.78. The van der Waals surface area contributed by atoms with Gasteiger partial charge in [-0.3, -0.25) is 9.59 Å².